The highest BCUT2D eigenvalue weighted by Gasteiger charge is 2.30. The molecule has 9 heteroatoms. The summed E-state index contributed by atoms with van der Waals surface area (Å²) in [6.45, 7) is 7.76. The Kier molecular flexibility index (Phi) is 10.1. The summed E-state index contributed by atoms with van der Waals surface area (Å²) in [6, 6.07) is 22.5. The number of para-hydroxylation sites is 1. The monoisotopic (exact) mass is 551 g/mol. The number of aryl methyl sites for hydroxylation is 1. The fraction of sp³-hybridized carbons (Fsp3) is 0.333. The zero-order valence-corrected chi connectivity index (χ0v) is 23.9. The lowest BCUT2D eigenvalue weighted by molar-refractivity contribution is -0.139. The van der Waals surface area contributed by atoms with Crippen molar-refractivity contribution < 1.29 is 22.7 Å². The molecule has 208 valence electrons. The van der Waals surface area contributed by atoms with Crippen LogP contribution >= 0.6 is 0 Å². The Morgan fingerprint density at radius 3 is 2.05 bits per heavy atom. The molecule has 0 bridgehead atoms. The highest BCUT2D eigenvalue weighted by atomic mass is 32.2. The predicted molar refractivity (Wildman–Crippen MR) is 154 cm³/mol. The summed E-state index contributed by atoms with van der Waals surface area (Å²) >= 11 is 0. The number of anilines is 1. The zero-order chi connectivity index (χ0) is 28.6. The van der Waals surface area contributed by atoms with Crippen LogP contribution in [0.4, 0.5) is 5.69 Å². The smallest absolute Gasteiger partial charge is 0.244 e. The van der Waals surface area contributed by atoms with Gasteiger partial charge in [-0.25, -0.2) is 8.42 Å². The second-order valence-electron chi connectivity index (χ2n) is 9.94. The molecule has 1 atom stereocenters. The fourth-order valence-electron chi connectivity index (χ4n) is 3.92. The maximum absolute atomic E-state index is 13.7. The van der Waals surface area contributed by atoms with Gasteiger partial charge in [-0.15, -0.1) is 0 Å². The number of amides is 2. The molecule has 3 rings (SSSR count). The first-order valence-corrected chi connectivity index (χ1v) is 14.7. The van der Waals surface area contributed by atoms with Crippen molar-refractivity contribution >= 4 is 27.5 Å². The lowest BCUT2D eigenvalue weighted by atomic mass is 10.1. The van der Waals surface area contributed by atoms with Crippen LogP contribution in [0.15, 0.2) is 78.9 Å². The van der Waals surface area contributed by atoms with Crippen molar-refractivity contribution in [2.24, 2.45) is 5.92 Å². The summed E-state index contributed by atoms with van der Waals surface area (Å²) in [4.78, 5) is 28.1. The van der Waals surface area contributed by atoms with Crippen molar-refractivity contribution in [1.82, 2.24) is 10.2 Å². The third-order valence-electron chi connectivity index (χ3n) is 6.24. The van der Waals surface area contributed by atoms with E-state index in [-0.39, 0.29) is 18.4 Å². The summed E-state index contributed by atoms with van der Waals surface area (Å²) in [5, 5.41) is 2.88. The maximum atomic E-state index is 13.7. The van der Waals surface area contributed by atoms with E-state index >= 15 is 0 Å². The predicted octanol–water partition coefficient (Wildman–Crippen LogP) is 4.74. The van der Waals surface area contributed by atoms with Crippen LogP contribution in [0.2, 0.25) is 0 Å². The zero-order valence-electron chi connectivity index (χ0n) is 23.1. The van der Waals surface area contributed by atoms with Crippen molar-refractivity contribution in [2.45, 2.75) is 40.3 Å². The summed E-state index contributed by atoms with van der Waals surface area (Å²) in [5.74, 6) is 0.647. The highest BCUT2D eigenvalue weighted by molar-refractivity contribution is 7.92. The van der Waals surface area contributed by atoms with E-state index in [1.165, 1.54) is 4.90 Å². The lowest BCUT2D eigenvalue weighted by Crippen LogP contribution is -2.51. The van der Waals surface area contributed by atoms with Crippen LogP contribution in [0.1, 0.15) is 31.9 Å². The maximum Gasteiger partial charge on any atom is 0.244 e. The van der Waals surface area contributed by atoms with Crippen molar-refractivity contribution in [2.75, 3.05) is 23.7 Å². The third-order valence-corrected chi connectivity index (χ3v) is 7.38. The minimum absolute atomic E-state index is 0.170. The molecule has 2 amide bonds. The second-order valence-corrected chi connectivity index (χ2v) is 11.8. The van der Waals surface area contributed by atoms with Crippen molar-refractivity contribution in [3.63, 3.8) is 0 Å². The minimum Gasteiger partial charge on any atom is -0.457 e. The molecular weight excluding hydrogens is 514 g/mol. The molecule has 0 spiro atoms. The third kappa shape index (κ3) is 8.58. The van der Waals surface area contributed by atoms with Crippen LogP contribution < -0.4 is 14.4 Å². The Balaban J connectivity index is 1.86. The molecule has 0 heterocycles. The van der Waals surface area contributed by atoms with Gasteiger partial charge in [-0.1, -0.05) is 56.3 Å². The molecule has 0 aliphatic rings. The van der Waals surface area contributed by atoms with Crippen molar-refractivity contribution in [3.8, 4) is 11.5 Å². The van der Waals surface area contributed by atoms with E-state index in [2.05, 4.69) is 5.32 Å². The molecule has 0 aromatic heterocycles. The summed E-state index contributed by atoms with van der Waals surface area (Å²) in [7, 11) is -3.82. The Labute approximate surface area is 231 Å². The van der Waals surface area contributed by atoms with Gasteiger partial charge in [0.25, 0.3) is 0 Å². The fourth-order valence-corrected chi connectivity index (χ4v) is 4.77. The number of hydrogen-bond acceptors (Lipinski definition) is 5. The number of ether oxygens (including phenoxy) is 1. The number of rotatable bonds is 12. The van der Waals surface area contributed by atoms with Crippen molar-refractivity contribution in [1.29, 1.82) is 0 Å². The summed E-state index contributed by atoms with van der Waals surface area (Å²) in [6.07, 6.45) is 1.05. The van der Waals surface area contributed by atoms with Gasteiger partial charge in [0.05, 0.1) is 11.9 Å². The standard InChI is InChI=1S/C30H37N3O5S/c1-22(2)19-31-30(35)24(4)32(20-25-12-10-9-11-23(25)3)29(34)21-33(39(5,36)37)26-15-17-28(18-16-26)38-27-13-7-6-8-14-27/h6-18,22,24H,19-21H2,1-5H3,(H,31,35). The van der Waals surface area contributed by atoms with Gasteiger partial charge >= 0.3 is 0 Å². The molecule has 0 saturated heterocycles. The van der Waals surface area contributed by atoms with Gasteiger partial charge in [0.15, 0.2) is 0 Å². The second kappa shape index (κ2) is 13.3. The number of hydrogen-bond donors (Lipinski definition) is 1. The molecule has 0 saturated carbocycles. The quantitative estimate of drug-likeness (QED) is 0.351. The average molecular weight is 552 g/mol. The lowest BCUT2D eigenvalue weighted by Gasteiger charge is -2.32. The van der Waals surface area contributed by atoms with Crippen LogP contribution in [0.5, 0.6) is 11.5 Å². The van der Waals surface area contributed by atoms with Gasteiger partial charge in [-0.05, 0) is 67.3 Å². The van der Waals surface area contributed by atoms with E-state index in [1.807, 2.05) is 75.4 Å². The number of carbonyl (C=O) groups is 2. The normalized spacial score (nSPS) is 12.1. The number of nitrogens with zero attached hydrogens (tertiary/aromatic N) is 2. The molecule has 1 unspecified atom stereocenters. The van der Waals surface area contributed by atoms with E-state index in [4.69, 9.17) is 4.74 Å². The molecule has 0 fully saturated rings. The molecular formula is C30H37N3O5S. The van der Waals surface area contributed by atoms with Gasteiger partial charge in [-0.2, -0.15) is 0 Å². The Hall–Kier alpha value is -3.85. The van der Waals surface area contributed by atoms with Crippen LogP contribution in [-0.4, -0.2) is 50.5 Å². The van der Waals surface area contributed by atoms with Crippen LogP contribution in [-0.2, 0) is 26.2 Å². The van der Waals surface area contributed by atoms with E-state index in [9.17, 15) is 18.0 Å². The van der Waals surface area contributed by atoms with Crippen LogP contribution in [0.25, 0.3) is 0 Å². The van der Waals surface area contributed by atoms with E-state index in [0.29, 0.717) is 23.7 Å². The molecule has 3 aromatic rings. The number of nitrogens with one attached hydrogen (secondary N) is 1. The van der Waals surface area contributed by atoms with Gasteiger partial charge in [0, 0.05) is 13.1 Å². The van der Waals surface area contributed by atoms with E-state index in [1.54, 1.807) is 31.2 Å². The Morgan fingerprint density at radius 2 is 1.46 bits per heavy atom. The van der Waals surface area contributed by atoms with Crippen molar-refractivity contribution in [3.05, 3.63) is 90.0 Å². The molecule has 0 aliphatic heterocycles. The van der Waals surface area contributed by atoms with Gasteiger partial charge in [0.1, 0.15) is 24.1 Å². The summed E-state index contributed by atoms with van der Waals surface area (Å²) < 4.78 is 32.5. The first kappa shape index (κ1) is 29.7. The first-order chi connectivity index (χ1) is 18.5. The molecule has 0 radical (unpaired) electrons. The Morgan fingerprint density at radius 1 is 0.872 bits per heavy atom. The van der Waals surface area contributed by atoms with Crippen LogP contribution in [0.3, 0.4) is 0 Å². The van der Waals surface area contributed by atoms with E-state index < -0.39 is 28.5 Å². The number of benzene rings is 3. The van der Waals surface area contributed by atoms with Crippen LogP contribution in [0, 0.1) is 12.8 Å². The average Bonchev–Trinajstić information content (AvgIpc) is 2.90. The molecule has 1 N–H and O–H groups in total. The van der Waals surface area contributed by atoms with Gasteiger partial charge in [-0.3, -0.25) is 13.9 Å². The molecule has 0 aliphatic carbocycles. The van der Waals surface area contributed by atoms with Gasteiger partial charge < -0.3 is 15.0 Å². The molecule has 8 nitrogen and oxygen atoms in total. The SMILES string of the molecule is Cc1ccccc1CN(C(=O)CN(c1ccc(Oc2ccccc2)cc1)S(C)(=O)=O)C(C)C(=O)NCC(C)C. The van der Waals surface area contributed by atoms with Gasteiger partial charge in [0.2, 0.25) is 21.8 Å². The molecule has 39 heavy (non-hydrogen) atoms. The molecule has 3 aromatic carbocycles. The Bertz CT molecular complexity index is 1360. The van der Waals surface area contributed by atoms with E-state index in [0.717, 1.165) is 21.7 Å². The summed E-state index contributed by atoms with van der Waals surface area (Å²) in [5.41, 5.74) is 2.17. The number of carbonyl (C=O) groups excluding carboxylic acids is 2. The minimum atomic E-state index is -3.82. The largest absolute Gasteiger partial charge is 0.457 e. The topological polar surface area (TPSA) is 96.0 Å². The number of sulfonamides is 1. The first-order valence-electron chi connectivity index (χ1n) is 12.9. The highest BCUT2D eigenvalue weighted by Crippen LogP contribution is 2.26.